The lowest BCUT2D eigenvalue weighted by Gasteiger charge is -2.07. The number of hydrogen-bond acceptors (Lipinski definition) is 5. The SMILES string of the molecule is C[C@@H]1CNC[C@H]1c1nc(-c2ccncc2)no1. The summed E-state index contributed by atoms with van der Waals surface area (Å²) >= 11 is 0. The molecule has 0 radical (unpaired) electrons. The number of nitrogens with one attached hydrogen (secondary N) is 1. The van der Waals surface area contributed by atoms with Crippen molar-refractivity contribution in [3.63, 3.8) is 0 Å². The van der Waals surface area contributed by atoms with Gasteiger partial charge in [-0.15, -0.1) is 0 Å². The summed E-state index contributed by atoms with van der Waals surface area (Å²) < 4.78 is 5.35. The Morgan fingerprint density at radius 2 is 2.12 bits per heavy atom. The molecule has 1 saturated heterocycles. The molecule has 17 heavy (non-hydrogen) atoms. The predicted octanol–water partition coefficient (Wildman–Crippen LogP) is 1.45. The van der Waals surface area contributed by atoms with Crippen molar-refractivity contribution >= 4 is 0 Å². The molecule has 0 aromatic carbocycles. The van der Waals surface area contributed by atoms with E-state index in [1.54, 1.807) is 12.4 Å². The number of nitrogens with zero attached hydrogens (tertiary/aromatic N) is 3. The zero-order valence-electron chi connectivity index (χ0n) is 9.63. The van der Waals surface area contributed by atoms with E-state index in [1.165, 1.54) is 0 Å². The lowest BCUT2D eigenvalue weighted by molar-refractivity contribution is 0.340. The molecule has 5 nitrogen and oxygen atoms in total. The van der Waals surface area contributed by atoms with Crippen LogP contribution in [0.1, 0.15) is 18.7 Å². The van der Waals surface area contributed by atoms with Crippen LogP contribution in [0.4, 0.5) is 0 Å². The Morgan fingerprint density at radius 3 is 2.82 bits per heavy atom. The minimum Gasteiger partial charge on any atom is -0.339 e. The second-order valence-corrected chi connectivity index (χ2v) is 4.43. The van der Waals surface area contributed by atoms with Gasteiger partial charge in [-0.1, -0.05) is 12.1 Å². The highest BCUT2D eigenvalue weighted by Gasteiger charge is 2.29. The van der Waals surface area contributed by atoms with Gasteiger partial charge in [0.05, 0.1) is 5.92 Å². The smallest absolute Gasteiger partial charge is 0.231 e. The van der Waals surface area contributed by atoms with Crippen molar-refractivity contribution in [1.29, 1.82) is 0 Å². The molecule has 0 saturated carbocycles. The van der Waals surface area contributed by atoms with Crippen LogP contribution in [0.5, 0.6) is 0 Å². The fourth-order valence-electron chi connectivity index (χ4n) is 2.14. The Balaban J connectivity index is 1.88. The maximum atomic E-state index is 5.35. The normalized spacial score (nSPS) is 24.1. The molecule has 2 aromatic rings. The molecule has 0 spiro atoms. The predicted molar refractivity (Wildman–Crippen MR) is 62.3 cm³/mol. The average molecular weight is 230 g/mol. The molecule has 0 unspecified atom stereocenters. The topological polar surface area (TPSA) is 63.8 Å². The van der Waals surface area contributed by atoms with Crippen LogP contribution in [-0.4, -0.2) is 28.2 Å². The monoisotopic (exact) mass is 230 g/mol. The van der Waals surface area contributed by atoms with Gasteiger partial charge in [0.25, 0.3) is 0 Å². The van der Waals surface area contributed by atoms with Gasteiger partial charge in [-0.05, 0) is 24.6 Å². The van der Waals surface area contributed by atoms with Crippen LogP contribution in [0.2, 0.25) is 0 Å². The Hall–Kier alpha value is -1.75. The molecule has 2 atom stereocenters. The zero-order chi connectivity index (χ0) is 11.7. The fraction of sp³-hybridized carbons (Fsp3) is 0.417. The summed E-state index contributed by atoms with van der Waals surface area (Å²) in [6, 6.07) is 3.76. The summed E-state index contributed by atoms with van der Waals surface area (Å²) in [6.45, 7) is 4.12. The van der Waals surface area contributed by atoms with Crippen LogP contribution in [0.25, 0.3) is 11.4 Å². The first kappa shape index (κ1) is 10.4. The second-order valence-electron chi connectivity index (χ2n) is 4.43. The number of rotatable bonds is 2. The van der Waals surface area contributed by atoms with Crippen LogP contribution in [0.3, 0.4) is 0 Å². The van der Waals surface area contributed by atoms with Crippen LogP contribution in [0, 0.1) is 5.92 Å². The summed E-state index contributed by atoms with van der Waals surface area (Å²) in [5.41, 5.74) is 0.939. The van der Waals surface area contributed by atoms with Crippen molar-refractivity contribution < 1.29 is 4.52 Å². The highest BCUT2D eigenvalue weighted by molar-refractivity contribution is 5.52. The molecule has 0 amide bonds. The maximum Gasteiger partial charge on any atom is 0.231 e. The summed E-state index contributed by atoms with van der Waals surface area (Å²) in [4.78, 5) is 8.44. The molecule has 3 heterocycles. The molecule has 0 bridgehead atoms. The summed E-state index contributed by atoms with van der Waals surface area (Å²) in [6.07, 6.45) is 3.45. The fourth-order valence-corrected chi connectivity index (χ4v) is 2.14. The van der Waals surface area contributed by atoms with E-state index < -0.39 is 0 Å². The zero-order valence-corrected chi connectivity index (χ0v) is 9.63. The average Bonchev–Trinajstić information content (AvgIpc) is 2.98. The van der Waals surface area contributed by atoms with Gasteiger partial charge in [-0.25, -0.2) is 0 Å². The van der Waals surface area contributed by atoms with Gasteiger partial charge in [-0.2, -0.15) is 4.98 Å². The van der Waals surface area contributed by atoms with Crippen LogP contribution in [-0.2, 0) is 0 Å². The maximum absolute atomic E-state index is 5.35. The van der Waals surface area contributed by atoms with E-state index in [0.29, 0.717) is 17.7 Å². The molecular weight excluding hydrogens is 216 g/mol. The van der Waals surface area contributed by atoms with Crippen molar-refractivity contribution in [1.82, 2.24) is 20.4 Å². The molecule has 88 valence electrons. The molecule has 1 aliphatic rings. The van der Waals surface area contributed by atoms with E-state index >= 15 is 0 Å². The van der Waals surface area contributed by atoms with Gasteiger partial charge >= 0.3 is 0 Å². The van der Waals surface area contributed by atoms with E-state index in [1.807, 2.05) is 12.1 Å². The quantitative estimate of drug-likeness (QED) is 0.846. The third kappa shape index (κ3) is 1.93. The van der Waals surface area contributed by atoms with E-state index in [-0.39, 0.29) is 0 Å². The Morgan fingerprint density at radius 1 is 1.29 bits per heavy atom. The largest absolute Gasteiger partial charge is 0.339 e. The van der Waals surface area contributed by atoms with Crippen LogP contribution < -0.4 is 5.32 Å². The highest BCUT2D eigenvalue weighted by Crippen LogP contribution is 2.27. The first-order chi connectivity index (χ1) is 8.34. The lowest BCUT2D eigenvalue weighted by Crippen LogP contribution is -2.08. The van der Waals surface area contributed by atoms with E-state index in [4.69, 9.17) is 4.52 Å². The van der Waals surface area contributed by atoms with E-state index in [9.17, 15) is 0 Å². The molecule has 1 fully saturated rings. The van der Waals surface area contributed by atoms with Crippen molar-refractivity contribution in [2.24, 2.45) is 5.92 Å². The van der Waals surface area contributed by atoms with E-state index in [0.717, 1.165) is 24.5 Å². The second kappa shape index (κ2) is 4.25. The highest BCUT2D eigenvalue weighted by atomic mass is 16.5. The third-order valence-corrected chi connectivity index (χ3v) is 3.21. The summed E-state index contributed by atoms with van der Waals surface area (Å²) in [7, 11) is 0. The standard InChI is InChI=1S/C12H14N4O/c1-8-6-14-7-10(8)12-15-11(16-17-12)9-2-4-13-5-3-9/h2-5,8,10,14H,6-7H2,1H3/t8-,10-/m1/s1. The number of pyridine rings is 1. The minimum atomic E-state index is 0.332. The first-order valence-corrected chi connectivity index (χ1v) is 5.79. The molecular formula is C12H14N4O. The Kier molecular flexibility index (Phi) is 2.60. The van der Waals surface area contributed by atoms with Gasteiger partial charge in [0.1, 0.15) is 0 Å². The van der Waals surface area contributed by atoms with Gasteiger partial charge < -0.3 is 9.84 Å². The number of aromatic nitrogens is 3. The van der Waals surface area contributed by atoms with Crippen molar-refractivity contribution in [3.05, 3.63) is 30.4 Å². The van der Waals surface area contributed by atoms with Crippen molar-refractivity contribution in [3.8, 4) is 11.4 Å². The van der Waals surface area contributed by atoms with E-state index in [2.05, 4.69) is 27.4 Å². The molecule has 3 rings (SSSR count). The molecule has 1 N–H and O–H groups in total. The number of hydrogen-bond donors (Lipinski definition) is 1. The van der Waals surface area contributed by atoms with Crippen molar-refractivity contribution in [2.45, 2.75) is 12.8 Å². The lowest BCUT2D eigenvalue weighted by atomic mass is 9.98. The third-order valence-electron chi connectivity index (χ3n) is 3.21. The first-order valence-electron chi connectivity index (χ1n) is 5.79. The van der Waals surface area contributed by atoms with Crippen LogP contribution in [0.15, 0.2) is 29.0 Å². The molecule has 5 heteroatoms. The minimum absolute atomic E-state index is 0.332. The summed E-state index contributed by atoms with van der Waals surface area (Å²) in [5.74, 6) is 2.25. The van der Waals surface area contributed by atoms with Gasteiger partial charge in [0, 0.05) is 24.5 Å². The summed E-state index contributed by atoms with van der Waals surface area (Å²) in [5, 5.41) is 7.36. The van der Waals surface area contributed by atoms with Gasteiger partial charge in [0.2, 0.25) is 11.7 Å². The Labute approximate surface area is 99.3 Å². The van der Waals surface area contributed by atoms with Crippen LogP contribution >= 0.6 is 0 Å². The molecule has 1 aliphatic heterocycles. The molecule has 2 aromatic heterocycles. The molecule has 0 aliphatic carbocycles. The van der Waals surface area contributed by atoms with Gasteiger partial charge in [0.15, 0.2) is 0 Å². The van der Waals surface area contributed by atoms with Gasteiger partial charge in [-0.3, -0.25) is 4.98 Å². The van der Waals surface area contributed by atoms with Crippen molar-refractivity contribution in [2.75, 3.05) is 13.1 Å². The Bertz CT molecular complexity index is 496.